The van der Waals surface area contributed by atoms with Gasteiger partial charge in [-0.05, 0) is 44.4 Å². The number of benzene rings is 1. The number of amides is 2. The molecule has 1 aromatic carbocycles. The van der Waals surface area contributed by atoms with Crippen LogP contribution in [-0.4, -0.2) is 29.5 Å². The number of urea groups is 1. The maximum atomic E-state index is 12.5. The van der Waals surface area contributed by atoms with E-state index in [1.807, 2.05) is 31.2 Å². The monoisotopic (exact) mass is 378 g/mol. The third kappa shape index (κ3) is 3.13. The number of rotatable bonds is 4. The standard InChI is InChI=1S/C17H19BrN2O3/c1-3-23-16(21)14-10(2)20(13-7-8-13)17(22)19-15(14)11-5-4-6-12(18)9-11/h4-6,9,13,15H,3,7-8H2,1-2H3,(H,19,22)/t15-/m0/s1. The fourth-order valence-corrected chi connectivity index (χ4v) is 3.36. The molecule has 1 saturated carbocycles. The summed E-state index contributed by atoms with van der Waals surface area (Å²) >= 11 is 3.44. The first-order chi connectivity index (χ1) is 11.0. The predicted molar refractivity (Wildman–Crippen MR) is 89.6 cm³/mol. The number of carbonyl (C=O) groups is 2. The van der Waals surface area contributed by atoms with Crippen molar-refractivity contribution in [3.63, 3.8) is 0 Å². The second-order valence-corrected chi connectivity index (χ2v) is 6.67. The van der Waals surface area contributed by atoms with Crippen LogP contribution < -0.4 is 5.32 Å². The zero-order chi connectivity index (χ0) is 16.6. The minimum absolute atomic E-state index is 0.150. The molecular formula is C17H19BrN2O3. The smallest absolute Gasteiger partial charge is 0.338 e. The molecule has 1 fully saturated rings. The van der Waals surface area contributed by atoms with Gasteiger partial charge in [0, 0.05) is 16.2 Å². The van der Waals surface area contributed by atoms with Crippen LogP contribution in [0.1, 0.15) is 38.3 Å². The molecule has 1 atom stereocenters. The van der Waals surface area contributed by atoms with Crippen molar-refractivity contribution < 1.29 is 14.3 Å². The zero-order valence-electron chi connectivity index (χ0n) is 13.1. The highest BCUT2D eigenvalue weighted by Crippen LogP contribution is 2.38. The number of allylic oxidation sites excluding steroid dienone is 1. The molecule has 1 N–H and O–H groups in total. The number of nitrogens with one attached hydrogen (secondary N) is 1. The van der Waals surface area contributed by atoms with Gasteiger partial charge >= 0.3 is 12.0 Å². The molecule has 23 heavy (non-hydrogen) atoms. The highest BCUT2D eigenvalue weighted by Gasteiger charge is 2.42. The summed E-state index contributed by atoms with van der Waals surface area (Å²) in [7, 11) is 0. The zero-order valence-corrected chi connectivity index (χ0v) is 14.7. The van der Waals surface area contributed by atoms with Crippen LogP contribution in [0.25, 0.3) is 0 Å². The van der Waals surface area contributed by atoms with Gasteiger partial charge in [-0.15, -0.1) is 0 Å². The van der Waals surface area contributed by atoms with Crippen molar-refractivity contribution in [1.82, 2.24) is 10.2 Å². The van der Waals surface area contributed by atoms with E-state index in [0.29, 0.717) is 17.9 Å². The molecule has 3 rings (SSSR count). The molecular weight excluding hydrogens is 360 g/mol. The molecule has 5 nitrogen and oxygen atoms in total. The predicted octanol–water partition coefficient (Wildman–Crippen LogP) is 3.51. The van der Waals surface area contributed by atoms with Crippen LogP contribution >= 0.6 is 15.9 Å². The summed E-state index contributed by atoms with van der Waals surface area (Å²) in [6.07, 6.45) is 1.95. The van der Waals surface area contributed by atoms with Gasteiger partial charge in [0.2, 0.25) is 0 Å². The Morgan fingerprint density at radius 1 is 1.43 bits per heavy atom. The third-order valence-corrected chi connectivity index (χ3v) is 4.61. The fourth-order valence-electron chi connectivity index (χ4n) is 2.94. The van der Waals surface area contributed by atoms with Crippen LogP contribution in [-0.2, 0) is 9.53 Å². The van der Waals surface area contributed by atoms with E-state index in [9.17, 15) is 9.59 Å². The molecule has 2 amide bonds. The SMILES string of the molecule is CCOC(=O)C1=C(C)N(C2CC2)C(=O)N[C@H]1c1cccc(Br)c1. The minimum atomic E-state index is -0.492. The number of nitrogens with zero attached hydrogens (tertiary/aromatic N) is 1. The van der Waals surface area contributed by atoms with E-state index in [-0.39, 0.29) is 18.0 Å². The van der Waals surface area contributed by atoms with Crippen molar-refractivity contribution in [1.29, 1.82) is 0 Å². The second-order valence-electron chi connectivity index (χ2n) is 5.76. The highest BCUT2D eigenvalue weighted by atomic mass is 79.9. The molecule has 1 aromatic rings. The maximum absolute atomic E-state index is 12.5. The van der Waals surface area contributed by atoms with Gasteiger partial charge in [0.25, 0.3) is 0 Å². The topological polar surface area (TPSA) is 58.6 Å². The Morgan fingerprint density at radius 3 is 2.78 bits per heavy atom. The molecule has 0 radical (unpaired) electrons. The summed E-state index contributed by atoms with van der Waals surface area (Å²) < 4.78 is 6.13. The number of ether oxygens (including phenoxy) is 1. The maximum Gasteiger partial charge on any atom is 0.338 e. The van der Waals surface area contributed by atoms with Crippen LogP contribution in [0.15, 0.2) is 40.0 Å². The molecule has 0 saturated heterocycles. The highest BCUT2D eigenvalue weighted by molar-refractivity contribution is 9.10. The lowest BCUT2D eigenvalue weighted by atomic mass is 9.95. The molecule has 0 aromatic heterocycles. The molecule has 0 spiro atoms. The summed E-state index contributed by atoms with van der Waals surface area (Å²) in [4.78, 5) is 26.7. The van der Waals surface area contributed by atoms with Crippen LogP contribution in [0.2, 0.25) is 0 Å². The average Bonchev–Trinajstić information content (AvgIpc) is 3.31. The Balaban J connectivity index is 2.06. The Kier molecular flexibility index (Phi) is 4.43. The van der Waals surface area contributed by atoms with Gasteiger partial charge in [-0.2, -0.15) is 0 Å². The molecule has 0 unspecified atom stereocenters. The Labute approximate surface area is 143 Å². The van der Waals surface area contributed by atoms with Crippen molar-refractivity contribution in [3.05, 3.63) is 45.6 Å². The van der Waals surface area contributed by atoms with Crippen LogP contribution in [0.4, 0.5) is 4.79 Å². The summed E-state index contributed by atoms with van der Waals surface area (Å²) in [6.45, 7) is 3.91. The van der Waals surface area contributed by atoms with Gasteiger partial charge in [0.05, 0.1) is 18.2 Å². The van der Waals surface area contributed by atoms with Crippen molar-refractivity contribution in [3.8, 4) is 0 Å². The molecule has 122 valence electrons. The van der Waals surface area contributed by atoms with E-state index in [0.717, 1.165) is 22.9 Å². The van der Waals surface area contributed by atoms with E-state index in [4.69, 9.17) is 4.74 Å². The summed E-state index contributed by atoms with van der Waals surface area (Å²) in [5.41, 5.74) is 2.06. The Morgan fingerprint density at radius 2 is 2.17 bits per heavy atom. The lowest BCUT2D eigenvalue weighted by Crippen LogP contribution is -2.48. The van der Waals surface area contributed by atoms with Crippen LogP contribution in [0.3, 0.4) is 0 Å². The molecule has 1 heterocycles. The van der Waals surface area contributed by atoms with Gasteiger partial charge in [0.15, 0.2) is 0 Å². The minimum Gasteiger partial charge on any atom is -0.463 e. The molecule has 0 bridgehead atoms. The van der Waals surface area contributed by atoms with Gasteiger partial charge in [-0.25, -0.2) is 9.59 Å². The van der Waals surface area contributed by atoms with Gasteiger partial charge in [0.1, 0.15) is 0 Å². The van der Waals surface area contributed by atoms with E-state index < -0.39 is 6.04 Å². The van der Waals surface area contributed by atoms with Crippen molar-refractivity contribution in [2.45, 2.75) is 38.8 Å². The van der Waals surface area contributed by atoms with Crippen molar-refractivity contribution in [2.75, 3.05) is 6.61 Å². The van der Waals surface area contributed by atoms with E-state index in [1.165, 1.54) is 0 Å². The van der Waals surface area contributed by atoms with Gasteiger partial charge < -0.3 is 10.1 Å². The van der Waals surface area contributed by atoms with Crippen molar-refractivity contribution in [2.24, 2.45) is 0 Å². The number of carbonyl (C=O) groups excluding carboxylic acids is 2. The first kappa shape index (κ1) is 16.1. The van der Waals surface area contributed by atoms with Crippen molar-refractivity contribution >= 4 is 27.9 Å². The number of halogens is 1. The van der Waals surface area contributed by atoms with E-state index in [1.54, 1.807) is 11.8 Å². The van der Waals surface area contributed by atoms with Gasteiger partial charge in [-0.3, -0.25) is 4.90 Å². The molecule has 6 heteroatoms. The summed E-state index contributed by atoms with van der Waals surface area (Å²) in [6, 6.07) is 7.15. The second kappa shape index (κ2) is 6.35. The van der Waals surface area contributed by atoms with Gasteiger partial charge in [-0.1, -0.05) is 28.1 Å². The fraction of sp³-hybridized carbons (Fsp3) is 0.412. The quantitative estimate of drug-likeness (QED) is 0.815. The first-order valence-corrected chi connectivity index (χ1v) is 8.55. The lowest BCUT2D eigenvalue weighted by molar-refractivity contribution is -0.139. The lowest BCUT2D eigenvalue weighted by Gasteiger charge is -2.35. The number of hydrogen-bond acceptors (Lipinski definition) is 3. The summed E-state index contributed by atoms with van der Waals surface area (Å²) in [5.74, 6) is -0.374. The average molecular weight is 379 g/mol. The largest absolute Gasteiger partial charge is 0.463 e. The number of hydrogen-bond donors (Lipinski definition) is 1. The normalized spacial score (nSPS) is 21.3. The Hall–Kier alpha value is -1.82. The van der Waals surface area contributed by atoms with Crippen LogP contribution in [0.5, 0.6) is 0 Å². The molecule has 1 aliphatic heterocycles. The third-order valence-electron chi connectivity index (χ3n) is 4.12. The molecule has 1 aliphatic carbocycles. The van der Waals surface area contributed by atoms with Crippen LogP contribution in [0, 0.1) is 0 Å². The van der Waals surface area contributed by atoms with E-state index >= 15 is 0 Å². The summed E-state index contributed by atoms with van der Waals surface area (Å²) in [5, 5.41) is 2.96. The first-order valence-electron chi connectivity index (χ1n) is 7.76. The van der Waals surface area contributed by atoms with E-state index in [2.05, 4.69) is 21.2 Å². The number of esters is 1. The molecule has 2 aliphatic rings. The Bertz CT molecular complexity index is 682.